The molecule has 20 heavy (non-hydrogen) atoms. The number of hydrogen-bond acceptors (Lipinski definition) is 3. The van der Waals surface area contributed by atoms with Gasteiger partial charge in [0.25, 0.3) is 5.91 Å². The van der Waals surface area contributed by atoms with Crippen LogP contribution in [0.15, 0.2) is 54.6 Å². The van der Waals surface area contributed by atoms with E-state index in [1.165, 1.54) is 0 Å². The molecule has 2 aromatic carbocycles. The maximum Gasteiger partial charge on any atom is 0.340 e. The number of carbonyl (C=O) groups excluding carboxylic acids is 2. The van der Waals surface area contributed by atoms with Crippen LogP contribution in [0.3, 0.4) is 0 Å². The van der Waals surface area contributed by atoms with Gasteiger partial charge in [-0.2, -0.15) is 0 Å². The van der Waals surface area contributed by atoms with Crippen LogP contribution in [0.1, 0.15) is 10.4 Å². The quantitative estimate of drug-likeness (QED) is 0.761. The summed E-state index contributed by atoms with van der Waals surface area (Å²) in [6.07, 6.45) is 0. The molecule has 102 valence electrons. The number of carbonyl (C=O) groups is 2. The number of imide groups is 1. The highest BCUT2D eigenvalue weighted by atomic mass is 35.5. The Bertz CT molecular complexity index is 600. The van der Waals surface area contributed by atoms with Crippen LogP contribution < -0.4 is 16.2 Å². The number of benzene rings is 2. The Hall–Kier alpha value is -2.53. The molecule has 0 atom stereocenters. The third-order valence-corrected chi connectivity index (χ3v) is 2.68. The third kappa shape index (κ3) is 4.00. The second-order valence-electron chi connectivity index (χ2n) is 3.91. The van der Waals surface area contributed by atoms with Gasteiger partial charge in [-0.15, -0.1) is 0 Å². The first kappa shape index (κ1) is 13.9. The fourth-order valence-electron chi connectivity index (χ4n) is 1.46. The lowest BCUT2D eigenvalue weighted by Crippen LogP contribution is -2.42. The van der Waals surface area contributed by atoms with E-state index in [-0.39, 0.29) is 0 Å². The highest BCUT2D eigenvalue weighted by Gasteiger charge is 2.08. The first-order valence-corrected chi connectivity index (χ1v) is 6.21. The minimum absolute atomic E-state index is 0.411. The molecule has 6 heteroatoms. The number of hydrogen-bond donors (Lipinski definition) is 3. The van der Waals surface area contributed by atoms with E-state index in [1.807, 2.05) is 0 Å². The maximum atomic E-state index is 11.7. The van der Waals surface area contributed by atoms with Crippen LogP contribution in [0.25, 0.3) is 0 Å². The van der Waals surface area contributed by atoms with Crippen LogP contribution in [-0.2, 0) is 0 Å². The summed E-state index contributed by atoms with van der Waals surface area (Å²) in [5.74, 6) is -0.471. The molecule has 3 amide bonds. The lowest BCUT2D eigenvalue weighted by Gasteiger charge is -2.09. The van der Waals surface area contributed by atoms with Gasteiger partial charge in [0, 0.05) is 10.6 Å². The summed E-state index contributed by atoms with van der Waals surface area (Å²) in [5, 5.41) is 2.80. The van der Waals surface area contributed by atoms with E-state index in [0.29, 0.717) is 16.3 Å². The molecule has 2 rings (SSSR count). The van der Waals surface area contributed by atoms with E-state index in [9.17, 15) is 9.59 Å². The predicted molar refractivity (Wildman–Crippen MR) is 77.5 cm³/mol. The summed E-state index contributed by atoms with van der Waals surface area (Å²) < 4.78 is 0. The van der Waals surface area contributed by atoms with E-state index in [4.69, 9.17) is 11.6 Å². The van der Waals surface area contributed by atoms with Gasteiger partial charge in [-0.1, -0.05) is 29.8 Å². The molecule has 0 saturated carbocycles. The lowest BCUT2D eigenvalue weighted by molar-refractivity contribution is 0.0964. The second-order valence-corrected chi connectivity index (χ2v) is 4.34. The molecule has 0 bridgehead atoms. The molecule has 0 aromatic heterocycles. The fourth-order valence-corrected chi connectivity index (χ4v) is 1.58. The Kier molecular flexibility index (Phi) is 4.57. The van der Waals surface area contributed by atoms with Crippen molar-refractivity contribution < 1.29 is 9.59 Å². The van der Waals surface area contributed by atoms with Crippen molar-refractivity contribution in [1.82, 2.24) is 10.7 Å². The van der Waals surface area contributed by atoms with Crippen molar-refractivity contribution in [2.75, 3.05) is 5.43 Å². The van der Waals surface area contributed by atoms with E-state index in [1.54, 1.807) is 54.6 Å². The van der Waals surface area contributed by atoms with Gasteiger partial charge in [0.05, 0.1) is 5.69 Å². The summed E-state index contributed by atoms with van der Waals surface area (Å²) in [6, 6.07) is 14.6. The van der Waals surface area contributed by atoms with Gasteiger partial charge in [0.1, 0.15) is 0 Å². The Morgan fingerprint density at radius 3 is 2.20 bits per heavy atom. The Balaban J connectivity index is 1.84. The van der Waals surface area contributed by atoms with E-state index >= 15 is 0 Å². The molecule has 0 aliphatic heterocycles. The molecular weight excluding hydrogens is 278 g/mol. The molecule has 2 aromatic rings. The monoisotopic (exact) mass is 289 g/mol. The average molecular weight is 290 g/mol. The summed E-state index contributed by atoms with van der Waals surface area (Å²) in [5.41, 5.74) is 6.07. The molecule has 0 heterocycles. The van der Waals surface area contributed by atoms with Gasteiger partial charge in [-0.25, -0.2) is 4.79 Å². The molecule has 0 unspecified atom stereocenters. The number of hydrazine groups is 1. The third-order valence-electron chi connectivity index (χ3n) is 2.43. The number of halogens is 1. The van der Waals surface area contributed by atoms with Gasteiger partial charge in [-0.3, -0.25) is 21.0 Å². The molecule has 0 aliphatic carbocycles. The highest BCUT2D eigenvalue weighted by Crippen LogP contribution is 2.12. The fraction of sp³-hybridized carbons (Fsp3) is 0. The Morgan fingerprint density at radius 2 is 1.55 bits per heavy atom. The first-order chi connectivity index (χ1) is 9.65. The van der Waals surface area contributed by atoms with Gasteiger partial charge in [0.15, 0.2) is 0 Å². The van der Waals surface area contributed by atoms with Crippen molar-refractivity contribution in [3.8, 4) is 0 Å². The largest absolute Gasteiger partial charge is 0.340 e. The predicted octanol–water partition coefficient (Wildman–Crippen LogP) is 2.81. The topological polar surface area (TPSA) is 70.2 Å². The van der Waals surface area contributed by atoms with Crippen molar-refractivity contribution in [3.63, 3.8) is 0 Å². The number of amides is 3. The zero-order chi connectivity index (χ0) is 14.4. The Morgan fingerprint density at radius 1 is 0.900 bits per heavy atom. The summed E-state index contributed by atoms with van der Waals surface area (Å²) >= 11 is 5.74. The molecule has 0 fully saturated rings. The van der Waals surface area contributed by atoms with E-state index < -0.39 is 11.9 Å². The number of anilines is 1. The van der Waals surface area contributed by atoms with E-state index in [2.05, 4.69) is 16.2 Å². The summed E-state index contributed by atoms with van der Waals surface area (Å²) in [6.45, 7) is 0. The van der Waals surface area contributed by atoms with Crippen molar-refractivity contribution in [1.29, 1.82) is 0 Å². The smallest absolute Gasteiger partial charge is 0.297 e. The Labute approximate surface area is 120 Å². The van der Waals surface area contributed by atoms with Gasteiger partial charge in [-0.05, 0) is 36.4 Å². The van der Waals surface area contributed by atoms with Crippen LogP contribution >= 0.6 is 11.6 Å². The summed E-state index contributed by atoms with van der Waals surface area (Å²) in [4.78, 5) is 23.2. The normalized spacial score (nSPS) is 9.65. The van der Waals surface area contributed by atoms with Gasteiger partial charge >= 0.3 is 6.03 Å². The minimum Gasteiger partial charge on any atom is -0.297 e. The molecule has 0 aliphatic rings. The molecule has 5 nitrogen and oxygen atoms in total. The molecule has 0 saturated heterocycles. The number of urea groups is 1. The first-order valence-electron chi connectivity index (χ1n) is 5.83. The molecule has 3 N–H and O–H groups in total. The van der Waals surface area contributed by atoms with Gasteiger partial charge in [0.2, 0.25) is 0 Å². The maximum absolute atomic E-state index is 11.7. The van der Waals surface area contributed by atoms with Gasteiger partial charge < -0.3 is 0 Å². The molecule has 0 spiro atoms. The SMILES string of the molecule is O=C(NNc1ccc(Cl)cc1)NC(=O)c1ccccc1. The van der Waals surface area contributed by atoms with Crippen LogP contribution in [-0.4, -0.2) is 11.9 Å². The van der Waals surface area contributed by atoms with Crippen LogP contribution in [0.2, 0.25) is 5.02 Å². The van der Waals surface area contributed by atoms with Crippen LogP contribution in [0, 0.1) is 0 Å². The number of nitrogens with one attached hydrogen (secondary N) is 3. The van der Waals surface area contributed by atoms with Crippen molar-refractivity contribution >= 4 is 29.2 Å². The van der Waals surface area contributed by atoms with Crippen LogP contribution in [0.5, 0.6) is 0 Å². The average Bonchev–Trinajstić information content (AvgIpc) is 2.47. The molecular formula is C14H12ClN3O2. The van der Waals surface area contributed by atoms with Crippen molar-refractivity contribution in [3.05, 3.63) is 65.2 Å². The van der Waals surface area contributed by atoms with Crippen molar-refractivity contribution in [2.45, 2.75) is 0 Å². The van der Waals surface area contributed by atoms with Crippen LogP contribution in [0.4, 0.5) is 10.5 Å². The highest BCUT2D eigenvalue weighted by molar-refractivity contribution is 6.30. The standard InChI is InChI=1S/C14H12ClN3O2/c15-11-6-8-12(9-7-11)17-18-14(20)16-13(19)10-4-2-1-3-5-10/h1-9,17H,(H2,16,18,19,20). The van der Waals surface area contributed by atoms with E-state index in [0.717, 1.165) is 0 Å². The number of rotatable bonds is 3. The zero-order valence-corrected chi connectivity index (χ0v) is 11.1. The molecule has 0 radical (unpaired) electrons. The van der Waals surface area contributed by atoms with Crippen molar-refractivity contribution in [2.24, 2.45) is 0 Å². The summed E-state index contributed by atoms with van der Waals surface area (Å²) in [7, 11) is 0. The minimum atomic E-state index is -0.645. The zero-order valence-electron chi connectivity index (χ0n) is 10.4. The second kappa shape index (κ2) is 6.58. The lowest BCUT2D eigenvalue weighted by atomic mass is 10.2.